The average molecular weight is 380 g/mol. The lowest BCUT2D eigenvalue weighted by Crippen LogP contribution is -3.08. The molecule has 28 heavy (non-hydrogen) atoms. The van der Waals surface area contributed by atoms with E-state index in [4.69, 9.17) is 9.26 Å². The summed E-state index contributed by atoms with van der Waals surface area (Å²) in [5.74, 6) is 1.06. The Hall–Kier alpha value is -3.12. The summed E-state index contributed by atoms with van der Waals surface area (Å²) in [5, 5.41) is 6.82. The maximum absolute atomic E-state index is 12.4. The first-order valence-electron chi connectivity index (χ1n) is 9.23. The van der Waals surface area contributed by atoms with Gasteiger partial charge in [-0.25, -0.2) is 0 Å². The molecule has 0 aliphatic rings. The number of aryl methyl sites for hydroxylation is 2. The molecule has 3 rings (SSSR count). The molecule has 1 atom stereocenters. The molecule has 0 spiro atoms. The normalized spacial score (nSPS) is 11.9. The van der Waals surface area contributed by atoms with E-state index < -0.39 is 0 Å². The number of hydrogen-bond donors (Lipinski definition) is 2. The molecule has 2 aromatic carbocycles. The molecule has 1 aromatic heterocycles. The van der Waals surface area contributed by atoms with E-state index >= 15 is 0 Å². The van der Waals surface area contributed by atoms with Gasteiger partial charge >= 0.3 is 0 Å². The second kappa shape index (κ2) is 8.71. The lowest BCUT2D eigenvalue weighted by molar-refractivity contribution is -0.885. The first-order chi connectivity index (χ1) is 13.4. The molecule has 1 unspecified atom stereocenters. The van der Waals surface area contributed by atoms with Gasteiger partial charge < -0.3 is 14.2 Å². The standard InChI is InChI=1S/C22H25N3O3/c1-15-5-8-17(9-6-15)19-12-22(28-24-19)23-21(26)14-25(3)13-18-11-16(2)7-10-20(18)27-4/h5-12H,13-14H2,1-4H3,(H,23,26)/p+1. The average Bonchev–Trinajstić information content (AvgIpc) is 3.10. The molecule has 2 N–H and O–H groups in total. The van der Waals surface area contributed by atoms with E-state index in [1.165, 1.54) is 11.1 Å². The number of benzene rings is 2. The fraction of sp³-hybridized carbons (Fsp3) is 0.273. The minimum absolute atomic E-state index is 0.129. The third-order valence-electron chi connectivity index (χ3n) is 4.51. The highest BCUT2D eigenvalue weighted by Gasteiger charge is 2.16. The first kappa shape index (κ1) is 19.6. The van der Waals surface area contributed by atoms with Crippen LogP contribution in [0.4, 0.5) is 5.88 Å². The third kappa shape index (κ3) is 4.98. The predicted molar refractivity (Wildman–Crippen MR) is 108 cm³/mol. The van der Waals surface area contributed by atoms with Crippen LogP contribution in [0.3, 0.4) is 0 Å². The van der Waals surface area contributed by atoms with Crippen molar-refractivity contribution in [1.82, 2.24) is 5.16 Å². The zero-order valence-corrected chi connectivity index (χ0v) is 16.7. The fourth-order valence-electron chi connectivity index (χ4n) is 3.08. The van der Waals surface area contributed by atoms with Crippen molar-refractivity contribution in [3.8, 4) is 17.0 Å². The van der Waals surface area contributed by atoms with Gasteiger partial charge in [-0.1, -0.05) is 46.6 Å². The Kier molecular flexibility index (Phi) is 6.11. The monoisotopic (exact) mass is 380 g/mol. The van der Waals surface area contributed by atoms with Crippen molar-refractivity contribution < 1.29 is 19.0 Å². The molecule has 0 aliphatic carbocycles. The number of rotatable bonds is 7. The molecule has 0 bridgehead atoms. The SMILES string of the molecule is COc1ccc(C)cc1C[NH+](C)CC(=O)Nc1cc(-c2ccc(C)cc2)no1. The van der Waals surface area contributed by atoms with Crippen LogP contribution in [0.25, 0.3) is 11.3 Å². The zero-order valence-electron chi connectivity index (χ0n) is 16.7. The van der Waals surface area contributed by atoms with Crippen molar-refractivity contribution in [3.63, 3.8) is 0 Å². The molecule has 0 saturated heterocycles. The van der Waals surface area contributed by atoms with E-state index in [-0.39, 0.29) is 5.91 Å². The Morgan fingerprint density at radius 2 is 1.82 bits per heavy atom. The Morgan fingerprint density at radius 3 is 2.54 bits per heavy atom. The van der Waals surface area contributed by atoms with Crippen LogP contribution >= 0.6 is 0 Å². The highest BCUT2D eigenvalue weighted by Crippen LogP contribution is 2.22. The Labute approximate surface area is 165 Å². The van der Waals surface area contributed by atoms with E-state index in [0.29, 0.717) is 24.7 Å². The van der Waals surface area contributed by atoms with Crippen LogP contribution in [0.5, 0.6) is 5.75 Å². The maximum Gasteiger partial charge on any atom is 0.281 e. The van der Waals surface area contributed by atoms with Gasteiger partial charge in [0.15, 0.2) is 6.54 Å². The number of quaternary nitrogens is 1. The quantitative estimate of drug-likeness (QED) is 0.661. The molecular formula is C22H26N3O3+. The summed E-state index contributed by atoms with van der Waals surface area (Å²) in [6, 6.07) is 15.8. The van der Waals surface area contributed by atoms with Crippen LogP contribution in [0.2, 0.25) is 0 Å². The third-order valence-corrected chi connectivity index (χ3v) is 4.51. The number of carbonyl (C=O) groups excluding carboxylic acids is 1. The number of aromatic nitrogens is 1. The van der Waals surface area contributed by atoms with Gasteiger partial charge in [0.05, 0.1) is 14.2 Å². The van der Waals surface area contributed by atoms with E-state index in [0.717, 1.165) is 21.8 Å². The summed E-state index contributed by atoms with van der Waals surface area (Å²) in [7, 11) is 3.63. The highest BCUT2D eigenvalue weighted by molar-refractivity contribution is 5.90. The maximum atomic E-state index is 12.4. The van der Waals surface area contributed by atoms with E-state index in [1.807, 2.05) is 57.3 Å². The lowest BCUT2D eigenvalue weighted by Gasteiger charge is -2.15. The molecule has 0 fully saturated rings. The van der Waals surface area contributed by atoms with Crippen molar-refractivity contribution in [2.75, 3.05) is 26.0 Å². The van der Waals surface area contributed by atoms with Gasteiger partial charge in [-0.15, -0.1) is 0 Å². The molecule has 1 heterocycles. The van der Waals surface area contributed by atoms with E-state index in [9.17, 15) is 4.79 Å². The van der Waals surface area contributed by atoms with Gasteiger partial charge in [-0.2, -0.15) is 0 Å². The zero-order chi connectivity index (χ0) is 20.1. The summed E-state index contributed by atoms with van der Waals surface area (Å²) in [5.41, 5.74) is 5.06. The smallest absolute Gasteiger partial charge is 0.281 e. The number of carbonyl (C=O) groups is 1. The van der Waals surface area contributed by atoms with Crippen LogP contribution in [0.1, 0.15) is 16.7 Å². The number of anilines is 1. The lowest BCUT2D eigenvalue weighted by atomic mass is 10.1. The Morgan fingerprint density at radius 1 is 1.11 bits per heavy atom. The Bertz CT molecular complexity index is 948. The summed E-state index contributed by atoms with van der Waals surface area (Å²) < 4.78 is 10.7. The summed E-state index contributed by atoms with van der Waals surface area (Å²) >= 11 is 0. The fourth-order valence-corrected chi connectivity index (χ4v) is 3.08. The van der Waals surface area contributed by atoms with Gasteiger partial charge in [0.25, 0.3) is 5.91 Å². The minimum Gasteiger partial charge on any atom is -0.496 e. The molecule has 6 nitrogen and oxygen atoms in total. The van der Waals surface area contributed by atoms with Crippen molar-refractivity contribution in [2.45, 2.75) is 20.4 Å². The summed E-state index contributed by atoms with van der Waals surface area (Å²) in [6.07, 6.45) is 0. The molecule has 3 aromatic rings. The largest absolute Gasteiger partial charge is 0.496 e. The second-order valence-corrected chi connectivity index (χ2v) is 7.12. The summed E-state index contributed by atoms with van der Waals surface area (Å²) in [4.78, 5) is 13.4. The first-order valence-corrected chi connectivity index (χ1v) is 9.23. The van der Waals surface area contributed by atoms with Gasteiger partial charge in [0.2, 0.25) is 5.88 Å². The number of amides is 1. The number of nitrogens with zero attached hydrogens (tertiary/aromatic N) is 1. The van der Waals surface area contributed by atoms with Crippen molar-refractivity contribution >= 4 is 11.8 Å². The van der Waals surface area contributed by atoms with Crippen molar-refractivity contribution in [2.24, 2.45) is 0 Å². The van der Waals surface area contributed by atoms with Crippen LogP contribution in [-0.4, -0.2) is 31.8 Å². The highest BCUT2D eigenvalue weighted by atomic mass is 16.5. The van der Waals surface area contributed by atoms with Gasteiger partial charge in [-0.05, 0) is 26.0 Å². The van der Waals surface area contributed by atoms with Crippen LogP contribution in [-0.2, 0) is 11.3 Å². The van der Waals surface area contributed by atoms with Crippen LogP contribution in [0, 0.1) is 13.8 Å². The van der Waals surface area contributed by atoms with E-state index in [1.54, 1.807) is 13.2 Å². The summed E-state index contributed by atoms with van der Waals surface area (Å²) in [6.45, 7) is 5.06. The molecule has 6 heteroatoms. The Balaban J connectivity index is 1.58. The number of hydrogen-bond acceptors (Lipinski definition) is 4. The van der Waals surface area contributed by atoms with Gasteiger partial charge in [0, 0.05) is 17.2 Å². The predicted octanol–water partition coefficient (Wildman–Crippen LogP) is 2.62. The van der Waals surface area contributed by atoms with Crippen molar-refractivity contribution in [1.29, 1.82) is 0 Å². The molecule has 0 saturated carbocycles. The van der Waals surface area contributed by atoms with Crippen molar-refractivity contribution in [3.05, 3.63) is 65.2 Å². The topological polar surface area (TPSA) is 68.8 Å². The van der Waals surface area contributed by atoms with Crippen LogP contribution < -0.4 is 15.0 Å². The number of nitrogens with one attached hydrogen (secondary N) is 2. The number of methoxy groups -OCH3 is 1. The number of ether oxygens (including phenoxy) is 1. The molecule has 0 radical (unpaired) electrons. The molecule has 1 amide bonds. The molecule has 0 aliphatic heterocycles. The van der Waals surface area contributed by atoms with Gasteiger partial charge in [-0.3, -0.25) is 10.1 Å². The molecule has 146 valence electrons. The second-order valence-electron chi connectivity index (χ2n) is 7.12. The van der Waals surface area contributed by atoms with E-state index in [2.05, 4.69) is 16.5 Å². The van der Waals surface area contributed by atoms with Gasteiger partial charge in [0.1, 0.15) is 18.0 Å². The minimum atomic E-state index is -0.129. The molecular weight excluding hydrogens is 354 g/mol. The van der Waals surface area contributed by atoms with Crippen LogP contribution in [0.15, 0.2) is 53.1 Å². The number of likely N-dealkylation sites (N-methyl/N-ethyl adjacent to an activating group) is 1.